The van der Waals surface area contributed by atoms with Gasteiger partial charge in [0.15, 0.2) is 0 Å². The van der Waals surface area contributed by atoms with E-state index in [2.05, 4.69) is 9.95 Å². The predicted molar refractivity (Wildman–Crippen MR) is 38.6 cm³/mol. The normalized spacial score (nSPS) is 14.1. The molecule has 0 aliphatic heterocycles. The molecule has 0 fully saturated rings. The molecule has 0 heterocycles. The van der Waals surface area contributed by atoms with Crippen LogP contribution in [0.1, 0.15) is 13.8 Å². The van der Waals surface area contributed by atoms with Crippen LogP contribution in [0.25, 0.3) is 0 Å². The average Bonchev–Trinajstić information content (AvgIpc) is 1.82. The number of hydrazine groups is 1. The molecule has 4 N–H and O–H groups in total. The fourth-order valence-electron chi connectivity index (χ4n) is 0.303. The van der Waals surface area contributed by atoms with E-state index in [1.807, 2.05) is 13.8 Å². The summed E-state index contributed by atoms with van der Waals surface area (Å²) in [6.45, 7) is 3.71. The Bertz CT molecular complexity index is 82.9. The standard InChI is InChI=1S/C4H13N2O3P/c1-4(2)9-10(7)8-3-6-5/h4,6-7H,3,5H2,1-2H3. The fraction of sp³-hybridized carbons (Fsp3) is 1.00. The van der Waals surface area contributed by atoms with E-state index in [1.165, 1.54) is 0 Å². The Kier molecular flexibility index (Phi) is 6.11. The predicted octanol–water partition coefficient (Wildman–Crippen LogP) is 0.0680. The Balaban J connectivity index is 3.16. The lowest BCUT2D eigenvalue weighted by Gasteiger charge is -2.11. The van der Waals surface area contributed by atoms with Crippen LogP contribution in [-0.4, -0.2) is 17.7 Å². The van der Waals surface area contributed by atoms with E-state index in [4.69, 9.17) is 15.3 Å². The van der Waals surface area contributed by atoms with Gasteiger partial charge in [0.05, 0.1) is 6.10 Å². The first-order chi connectivity index (χ1) is 4.66. The van der Waals surface area contributed by atoms with Gasteiger partial charge in [0.25, 0.3) is 0 Å². The molecule has 6 heteroatoms. The molecule has 0 aliphatic carbocycles. The summed E-state index contributed by atoms with van der Waals surface area (Å²) in [6, 6.07) is 0. The maximum atomic E-state index is 8.88. The Hall–Kier alpha value is 0.230. The van der Waals surface area contributed by atoms with Crippen LogP contribution in [0, 0.1) is 0 Å². The maximum Gasteiger partial charge on any atom is 0.331 e. The highest BCUT2D eigenvalue weighted by Gasteiger charge is 2.07. The number of hydrogen-bond acceptors (Lipinski definition) is 5. The summed E-state index contributed by atoms with van der Waals surface area (Å²) in [4.78, 5) is 8.88. The van der Waals surface area contributed by atoms with Crippen molar-refractivity contribution < 1.29 is 13.9 Å². The lowest BCUT2D eigenvalue weighted by atomic mass is 10.5. The van der Waals surface area contributed by atoms with Gasteiger partial charge in [-0.2, -0.15) is 0 Å². The van der Waals surface area contributed by atoms with E-state index in [0.29, 0.717) is 0 Å². The zero-order chi connectivity index (χ0) is 7.98. The van der Waals surface area contributed by atoms with Crippen molar-refractivity contribution in [2.75, 3.05) is 6.73 Å². The summed E-state index contributed by atoms with van der Waals surface area (Å²) >= 11 is 0. The smallest absolute Gasteiger partial charge is 0.328 e. The maximum absolute atomic E-state index is 8.88. The molecule has 0 saturated carbocycles. The van der Waals surface area contributed by atoms with Crippen molar-refractivity contribution in [3.8, 4) is 0 Å². The average molecular weight is 168 g/mol. The van der Waals surface area contributed by atoms with E-state index in [0.717, 1.165) is 0 Å². The van der Waals surface area contributed by atoms with Crippen LogP contribution in [-0.2, 0) is 9.05 Å². The monoisotopic (exact) mass is 168 g/mol. The molecule has 0 aromatic carbocycles. The van der Waals surface area contributed by atoms with Gasteiger partial charge in [-0.05, 0) is 13.8 Å². The van der Waals surface area contributed by atoms with Gasteiger partial charge in [-0.15, -0.1) is 0 Å². The molecule has 0 amide bonds. The van der Waals surface area contributed by atoms with E-state index < -0.39 is 8.60 Å². The van der Waals surface area contributed by atoms with Crippen LogP contribution in [0.5, 0.6) is 0 Å². The molecule has 0 saturated heterocycles. The highest BCUT2D eigenvalue weighted by Crippen LogP contribution is 2.33. The Morgan fingerprint density at radius 1 is 1.70 bits per heavy atom. The number of hydrogen-bond donors (Lipinski definition) is 3. The third kappa shape index (κ3) is 6.35. The third-order valence-electron chi connectivity index (χ3n) is 0.559. The minimum atomic E-state index is -1.77. The van der Waals surface area contributed by atoms with Crippen LogP contribution < -0.4 is 11.3 Å². The van der Waals surface area contributed by atoms with Gasteiger partial charge >= 0.3 is 8.60 Å². The molecule has 0 aromatic rings. The third-order valence-corrected chi connectivity index (χ3v) is 1.51. The first-order valence-corrected chi connectivity index (χ1v) is 4.02. The van der Waals surface area contributed by atoms with Gasteiger partial charge in [0.2, 0.25) is 0 Å². The molecule has 0 aromatic heterocycles. The molecule has 0 aliphatic rings. The van der Waals surface area contributed by atoms with E-state index in [9.17, 15) is 0 Å². The van der Waals surface area contributed by atoms with Crippen LogP contribution in [0.15, 0.2) is 0 Å². The summed E-state index contributed by atoms with van der Waals surface area (Å²) in [7, 11) is -1.77. The van der Waals surface area contributed by atoms with Gasteiger partial charge in [-0.25, -0.2) is 5.43 Å². The number of rotatable bonds is 5. The van der Waals surface area contributed by atoms with Crippen LogP contribution in [0.2, 0.25) is 0 Å². The topological polar surface area (TPSA) is 76.7 Å². The van der Waals surface area contributed by atoms with Crippen LogP contribution in [0.4, 0.5) is 0 Å². The van der Waals surface area contributed by atoms with Crippen LogP contribution >= 0.6 is 8.60 Å². The summed E-state index contributed by atoms with van der Waals surface area (Å²) in [5.41, 5.74) is 2.23. The molecule has 5 nitrogen and oxygen atoms in total. The minimum Gasteiger partial charge on any atom is -0.328 e. The molecule has 0 radical (unpaired) electrons. The molecule has 0 rings (SSSR count). The highest BCUT2D eigenvalue weighted by atomic mass is 31.2. The zero-order valence-corrected chi connectivity index (χ0v) is 6.97. The van der Waals surface area contributed by atoms with Crippen molar-refractivity contribution in [3.63, 3.8) is 0 Å². The van der Waals surface area contributed by atoms with Crippen LogP contribution in [0.3, 0.4) is 0 Å². The summed E-state index contributed by atoms with van der Waals surface area (Å²) in [6.07, 6.45) is -0.0334. The van der Waals surface area contributed by atoms with Gasteiger partial charge in [0, 0.05) is 0 Å². The van der Waals surface area contributed by atoms with Gasteiger partial charge in [-0.3, -0.25) is 10.4 Å². The summed E-state index contributed by atoms with van der Waals surface area (Å²) in [5, 5.41) is 0. The second kappa shape index (κ2) is 5.97. The quantitative estimate of drug-likeness (QED) is 0.234. The zero-order valence-electron chi connectivity index (χ0n) is 6.07. The SMILES string of the molecule is CC(C)OP(O)OCNN. The van der Waals surface area contributed by atoms with Crippen molar-refractivity contribution in [2.45, 2.75) is 20.0 Å². The van der Waals surface area contributed by atoms with Gasteiger partial charge in [0.1, 0.15) is 6.73 Å². The van der Waals surface area contributed by atoms with E-state index in [-0.39, 0.29) is 12.8 Å². The van der Waals surface area contributed by atoms with Crippen molar-refractivity contribution in [3.05, 3.63) is 0 Å². The molecular weight excluding hydrogens is 155 g/mol. The van der Waals surface area contributed by atoms with Crippen molar-refractivity contribution in [2.24, 2.45) is 5.84 Å². The molecule has 10 heavy (non-hydrogen) atoms. The molecule has 1 unspecified atom stereocenters. The molecular formula is C4H13N2O3P. The summed E-state index contributed by atoms with van der Waals surface area (Å²) in [5.74, 6) is 4.88. The molecule has 0 spiro atoms. The highest BCUT2D eigenvalue weighted by molar-refractivity contribution is 7.40. The first-order valence-electron chi connectivity index (χ1n) is 2.89. The van der Waals surface area contributed by atoms with E-state index >= 15 is 0 Å². The van der Waals surface area contributed by atoms with Gasteiger partial charge < -0.3 is 9.42 Å². The Labute approximate surface area is 61.5 Å². The lowest BCUT2D eigenvalue weighted by Crippen LogP contribution is -2.24. The van der Waals surface area contributed by atoms with Gasteiger partial charge in [-0.1, -0.05) is 0 Å². The Morgan fingerprint density at radius 2 is 2.30 bits per heavy atom. The summed E-state index contributed by atoms with van der Waals surface area (Å²) < 4.78 is 9.52. The van der Waals surface area contributed by atoms with Crippen molar-refractivity contribution >= 4 is 8.60 Å². The van der Waals surface area contributed by atoms with E-state index in [1.54, 1.807) is 0 Å². The van der Waals surface area contributed by atoms with Crippen molar-refractivity contribution in [1.82, 2.24) is 5.43 Å². The minimum absolute atomic E-state index is 0.0334. The first kappa shape index (κ1) is 10.2. The second-order valence-electron chi connectivity index (χ2n) is 1.87. The number of nitrogens with one attached hydrogen (secondary N) is 1. The Morgan fingerprint density at radius 3 is 2.70 bits per heavy atom. The second-order valence-corrected chi connectivity index (χ2v) is 2.81. The lowest BCUT2D eigenvalue weighted by molar-refractivity contribution is 0.157. The number of nitrogens with two attached hydrogens (primary N) is 1. The van der Waals surface area contributed by atoms with Crippen molar-refractivity contribution in [1.29, 1.82) is 0 Å². The fourth-order valence-corrected chi connectivity index (χ4v) is 0.910. The molecule has 62 valence electrons. The molecule has 1 atom stereocenters. The largest absolute Gasteiger partial charge is 0.331 e. The molecule has 0 bridgehead atoms.